The summed E-state index contributed by atoms with van der Waals surface area (Å²) in [6.07, 6.45) is 0. The highest BCUT2D eigenvalue weighted by Crippen LogP contribution is 2.29. The molecule has 0 aromatic heterocycles. The summed E-state index contributed by atoms with van der Waals surface area (Å²) in [4.78, 5) is 22.4. The Balaban J connectivity index is 2.70. The average Bonchev–Trinajstić information content (AvgIpc) is 2.21. The number of hydrogen-bond donors (Lipinski definition) is 3. The van der Waals surface area contributed by atoms with Crippen LogP contribution in [0.2, 0.25) is 0 Å². The number of carbonyl (C=O) groups is 2. The number of benzene rings is 1. The average molecular weight is 257 g/mol. The van der Waals surface area contributed by atoms with Crippen LogP contribution in [-0.4, -0.2) is 17.2 Å². The first-order valence-electron chi connectivity index (χ1n) is 4.72. The number of imide groups is 1. The third-order valence-electron chi connectivity index (χ3n) is 1.89. The van der Waals surface area contributed by atoms with Gasteiger partial charge in [0, 0.05) is 10.6 Å². The fourth-order valence-corrected chi connectivity index (χ4v) is 1.98. The monoisotopic (exact) mass is 257 g/mol. The molecule has 5 N–H and O–H groups in total. The van der Waals surface area contributed by atoms with E-state index in [1.165, 1.54) is 18.2 Å². The van der Waals surface area contributed by atoms with Gasteiger partial charge in [0.1, 0.15) is 5.82 Å². The topological polar surface area (TPSA) is 98.2 Å². The number of nitrogen functional groups attached to an aromatic ring is 1. The fourth-order valence-electron chi connectivity index (χ4n) is 1.09. The molecular weight excluding hydrogens is 245 g/mol. The Morgan fingerprint density at radius 1 is 1.47 bits per heavy atom. The van der Waals surface area contributed by atoms with Crippen LogP contribution in [0.15, 0.2) is 23.1 Å². The van der Waals surface area contributed by atoms with Gasteiger partial charge in [0.05, 0.1) is 5.25 Å². The first-order chi connectivity index (χ1) is 7.90. The summed E-state index contributed by atoms with van der Waals surface area (Å²) in [5.41, 5.74) is 10.7. The van der Waals surface area contributed by atoms with Gasteiger partial charge < -0.3 is 11.5 Å². The summed E-state index contributed by atoms with van der Waals surface area (Å²) < 4.78 is 12.8. The maximum Gasteiger partial charge on any atom is 0.318 e. The summed E-state index contributed by atoms with van der Waals surface area (Å²) in [5, 5.41) is 1.40. The van der Waals surface area contributed by atoms with Gasteiger partial charge in [-0.15, -0.1) is 11.8 Å². The summed E-state index contributed by atoms with van der Waals surface area (Å²) in [6.45, 7) is 1.59. The Hall–Kier alpha value is -1.76. The number of hydrogen-bond acceptors (Lipinski definition) is 4. The summed E-state index contributed by atoms with van der Waals surface area (Å²) in [6, 6.07) is 2.98. The Morgan fingerprint density at radius 2 is 2.12 bits per heavy atom. The lowest BCUT2D eigenvalue weighted by molar-refractivity contribution is -0.119. The molecule has 1 atom stereocenters. The molecule has 0 spiro atoms. The van der Waals surface area contributed by atoms with Crippen molar-refractivity contribution in [3.63, 3.8) is 0 Å². The van der Waals surface area contributed by atoms with E-state index >= 15 is 0 Å². The number of rotatable bonds is 3. The van der Waals surface area contributed by atoms with Gasteiger partial charge in [0.15, 0.2) is 0 Å². The lowest BCUT2D eigenvalue weighted by Gasteiger charge is -2.11. The van der Waals surface area contributed by atoms with Crippen LogP contribution in [0.25, 0.3) is 0 Å². The third kappa shape index (κ3) is 3.95. The van der Waals surface area contributed by atoms with Crippen molar-refractivity contribution >= 4 is 29.4 Å². The molecule has 0 heterocycles. The number of amides is 3. The van der Waals surface area contributed by atoms with E-state index in [1.807, 2.05) is 5.32 Å². The van der Waals surface area contributed by atoms with Gasteiger partial charge in [-0.25, -0.2) is 9.18 Å². The zero-order valence-corrected chi connectivity index (χ0v) is 9.88. The number of nitrogens with two attached hydrogens (primary N) is 2. The fraction of sp³-hybridized carbons (Fsp3) is 0.200. The molecule has 0 saturated heterocycles. The molecule has 0 bridgehead atoms. The van der Waals surface area contributed by atoms with Crippen LogP contribution >= 0.6 is 11.8 Å². The zero-order valence-electron chi connectivity index (χ0n) is 9.07. The molecule has 17 heavy (non-hydrogen) atoms. The lowest BCUT2D eigenvalue weighted by Crippen LogP contribution is -2.39. The molecule has 1 rings (SSSR count). The lowest BCUT2D eigenvalue weighted by atomic mass is 10.3. The number of thioether (sulfide) groups is 1. The largest absolute Gasteiger partial charge is 0.398 e. The highest BCUT2D eigenvalue weighted by atomic mass is 32.2. The number of carbonyl (C=O) groups excluding carboxylic acids is 2. The van der Waals surface area contributed by atoms with Gasteiger partial charge in [0.25, 0.3) is 0 Å². The minimum atomic E-state index is -0.908. The Labute approximate surface area is 102 Å². The number of nitrogens with one attached hydrogen (secondary N) is 1. The van der Waals surface area contributed by atoms with Crippen molar-refractivity contribution in [2.24, 2.45) is 5.73 Å². The second-order valence-electron chi connectivity index (χ2n) is 3.30. The number of halogens is 1. The summed E-state index contributed by atoms with van der Waals surface area (Å²) in [5.74, 6) is -0.965. The van der Waals surface area contributed by atoms with Crippen LogP contribution < -0.4 is 16.8 Å². The van der Waals surface area contributed by atoms with E-state index in [0.29, 0.717) is 4.90 Å². The molecule has 0 aliphatic heterocycles. The molecule has 0 radical (unpaired) electrons. The van der Waals surface area contributed by atoms with Crippen molar-refractivity contribution in [2.45, 2.75) is 17.1 Å². The molecule has 1 unspecified atom stereocenters. The first kappa shape index (κ1) is 13.3. The maximum absolute atomic E-state index is 12.8. The van der Waals surface area contributed by atoms with Crippen molar-refractivity contribution < 1.29 is 14.0 Å². The third-order valence-corrected chi connectivity index (χ3v) is 3.08. The van der Waals surface area contributed by atoms with Crippen LogP contribution in [0.1, 0.15) is 6.92 Å². The molecule has 1 aromatic carbocycles. The smallest absolute Gasteiger partial charge is 0.318 e. The van der Waals surface area contributed by atoms with E-state index in [-0.39, 0.29) is 5.69 Å². The van der Waals surface area contributed by atoms with E-state index in [0.717, 1.165) is 11.8 Å². The highest BCUT2D eigenvalue weighted by Gasteiger charge is 2.16. The normalized spacial score (nSPS) is 11.9. The van der Waals surface area contributed by atoms with Crippen LogP contribution in [0.4, 0.5) is 14.9 Å². The SMILES string of the molecule is CC(Sc1ccc(F)cc1N)C(=O)NC(N)=O. The number of primary amides is 1. The molecule has 0 fully saturated rings. The maximum atomic E-state index is 12.8. The Kier molecular flexibility index (Phi) is 4.33. The van der Waals surface area contributed by atoms with Gasteiger partial charge >= 0.3 is 6.03 Å². The molecular formula is C10H12FN3O2S. The number of anilines is 1. The second kappa shape index (κ2) is 5.53. The first-order valence-corrected chi connectivity index (χ1v) is 5.60. The van der Waals surface area contributed by atoms with Gasteiger partial charge in [-0.3, -0.25) is 10.1 Å². The van der Waals surface area contributed by atoms with Crippen LogP contribution in [-0.2, 0) is 4.79 Å². The van der Waals surface area contributed by atoms with Crippen molar-refractivity contribution in [3.8, 4) is 0 Å². The van der Waals surface area contributed by atoms with Crippen LogP contribution in [0.5, 0.6) is 0 Å². The van der Waals surface area contributed by atoms with Crippen molar-refractivity contribution in [1.29, 1.82) is 0 Å². The molecule has 3 amide bonds. The zero-order chi connectivity index (χ0) is 13.0. The molecule has 92 valence electrons. The van der Waals surface area contributed by atoms with E-state index in [4.69, 9.17) is 11.5 Å². The van der Waals surface area contributed by atoms with Gasteiger partial charge in [-0.1, -0.05) is 0 Å². The molecule has 0 aliphatic carbocycles. The van der Waals surface area contributed by atoms with Gasteiger partial charge in [0.2, 0.25) is 5.91 Å². The molecule has 7 heteroatoms. The van der Waals surface area contributed by atoms with E-state index in [2.05, 4.69) is 0 Å². The molecule has 0 saturated carbocycles. The van der Waals surface area contributed by atoms with Crippen molar-refractivity contribution in [1.82, 2.24) is 5.32 Å². The molecule has 0 aliphatic rings. The summed E-state index contributed by atoms with van der Waals surface area (Å²) >= 11 is 1.12. The minimum Gasteiger partial charge on any atom is -0.398 e. The predicted octanol–water partition coefficient (Wildman–Crippen LogP) is 1.08. The number of urea groups is 1. The van der Waals surface area contributed by atoms with Crippen molar-refractivity contribution in [3.05, 3.63) is 24.0 Å². The van der Waals surface area contributed by atoms with E-state index in [1.54, 1.807) is 6.92 Å². The van der Waals surface area contributed by atoms with Gasteiger partial charge in [-0.2, -0.15) is 0 Å². The Bertz CT molecular complexity index is 453. The van der Waals surface area contributed by atoms with E-state index < -0.39 is 23.0 Å². The minimum absolute atomic E-state index is 0.244. The molecule has 1 aromatic rings. The molecule has 5 nitrogen and oxygen atoms in total. The highest BCUT2D eigenvalue weighted by molar-refractivity contribution is 8.00. The van der Waals surface area contributed by atoms with Crippen LogP contribution in [0, 0.1) is 5.82 Å². The Morgan fingerprint density at radius 3 is 2.65 bits per heavy atom. The van der Waals surface area contributed by atoms with Crippen LogP contribution in [0.3, 0.4) is 0 Å². The predicted molar refractivity (Wildman–Crippen MR) is 63.9 cm³/mol. The standard InChI is InChI=1S/C10H12FN3O2S/c1-5(9(15)14-10(13)16)17-8-3-2-6(11)4-7(8)12/h2-5H,12H2,1H3,(H3,13,14,15,16). The summed E-state index contributed by atoms with van der Waals surface area (Å²) in [7, 11) is 0. The van der Waals surface area contributed by atoms with Crippen molar-refractivity contribution in [2.75, 3.05) is 5.73 Å². The van der Waals surface area contributed by atoms with Gasteiger partial charge in [-0.05, 0) is 25.1 Å². The second-order valence-corrected chi connectivity index (χ2v) is 4.68. The van der Waals surface area contributed by atoms with E-state index in [9.17, 15) is 14.0 Å². The quantitative estimate of drug-likeness (QED) is 0.557.